The molecule has 2 N–H and O–H groups in total. The molecule has 2 saturated heterocycles. The maximum Gasteiger partial charge on any atom is 0.248 e. The number of anilines is 1. The van der Waals surface area contributed by atoms with Crippen molar-refractivity contribution in [3.63, 3.8) is 0 Å². The van der Waals surface area contributed by atoms with E-state index >= 15 is 0 Å². The molecule has 0 aromatic heterocycles. The van der Waals surface area contributed by atoms with E-state index in [9.17, 15) is 14.4 Å². The van der Waals surface area contributed by atoms with Crippen molar-refractivity contribution in [2.45, 2.75) is 31.8 Å². The van der Waals surface area contributed by atoms with Gasteiger partial charge in [0.25, 0.3) is 0 Å². The largest absolute Gasteiger partial charge is 0.493 e. The average molecular weight is 422 g/mol. The zero-order valence-electron chi connectivity index (χ0n) is 16.7. The number of thiocarbonyl (C=S) groups is 1. The summed E-state index contributed by atoms with van der Waals surface area (Å²) in [6.07, 6.45) is -0.116. The van der Waals surface area contributed by atoms with E-state index in [4.69, 9.17) is 26.4 Å². The van der Waals surface area contributed by atoms with Crippen molar-refractivity contribution in [1.29, 1.82) is 0 Å². The number of benzene rings is 1. The minimum atomic E-state index is -1.15. The quantitative estimate of drug-likeness (QED) is 0.666. The predicted octanol–water partition coefficient (Wildman–Crippen LogP) is 0.662. The van der Waals surface area contributed by atoms with Crippen LogP contribution in [0.2, 0.25) is 0 Å². The number of carbonyl (C=O) groups is 3. The number of methoxy groups -OCH3 is 3. The zero-order chi connectivity index (χ0) is 21.5. The Labute approximate surface area is 173 Å². The van der Waals surface area contributed by atoms with E-state index in [1.807, 2.05) is 0 Å². The molecule has 1 aromatic rings. The van der Waals surface area contributed by atoms with E-state index in [0.29, 0.717) is 22.9 Å². The van der Waals surface area contributed by atoms with E-state index in [1.54, 1.807) is 26.0 Å². The third kappa shape index (κ3) is 3.36. The first kappa shape index (κ1) is 20.8. The van der Waals surface area contributed by atoms with Gasteiger partial charge in [-0.1, -0.05) is 0 Å². The van der Waals surface area contributed by atoms with Gasteiger partial charge in [-0.25, -0.2) is 5.01 Å². The van der Waals surface area contributed by atoms with Crippen LogP contribution in [0.5, 0.6) is 17.2 Å². The monoisotopic (exact) mass is 422 g/mol. The van der Waals surface area contributed by atoms with Gasteiger partial charge in [0.15, 0.2) is 16.6 Å². The first-order valence-electron chi connectivity index (χ1n) is 8.74. The molecule has 156 valence electrons. The summed E-state index contributed by atoms with van der Waals surface area (Å²) in [6, 6.07) is 2.24. The molecule has 3 rings (SSSR count). The number of carbonyl (C=O) groups excluding carboxylic acids is 3. The van der Waals surface area contributed by atoms with Crippen LogP contribution in [-0.2, 0) is 14.4 Å². The van der Waals surface area contributed by atoms with Crippen molar-refractivity contribution in [3.05, 3.63) is 12.1 Å². The van der Waals surface area contributed by atoms with Gasteiger partial charge in [0.2, 0.25) is 23.5 Å². The lowest BCUT2D eigenvalue weighted by Gasteiger charge is -2.45. The lowest BCUT2D eigenvalue weighted by Crippen LogP contribution is -2.71. The lowest BCUT2D eigenvalue weighted by atomic mass is 10.00. The van der Waals surface area contributed by atoms with Crippen LogP contribution in [-0.4, -0.2) is 65.8 Å². The zero-order valence-corrected chi connectivity index (χ0v) is 17.5. The fourth-order valence-electron chi connectivity index (χ4n) is 3.44. The van der Waals surface area contributed by atoms with E-state index in [1.165, 1.54) is 31.3 Å². The molecular weight excluding hydrogens is 400 g/mol. The number of hydrogen-bond acceptors (Lipinski definition) is 8. The number of rotatable bonds is 5. The van der Waals surface area contributed by atoms with Crippen LogP contribution in [0, 0.1) is 0 Å². The number of amides is 3. The molecule has 1 atom stereocenters. The molecule has 10 nitrogen and oxygen atoms in total. The summed E-state index contributed by atoms with van der Waals surface area (Å²) < 4.78 is 15.9. The molecule has 11 heteroatoms. The molecular formula is C18H22N4O6S. The Kier molecular flexibility index (Phi) is 5.37. The Morgan fingerprint density at radius 1 is 1.17 bits per heavy atom. The molecule has 1 aromatic carbocycles. The van der Waals surface area contributed by atoms with Crippen LogP contribution >= 0.6 is 12.2 Å². The maximum atomic E-state index is 13.1. The van der Waals surface area contributed by atoms with Crippen LogP contribution in [0.25, 0.3) is 0 Å². The van der Waals surface area contributed by atoms with Crippen LogP contribution in [0.15, 0.2) is 12.1 Å². The van der Waals surface area contributed by atoms with Crippen LogP contribution in [0.3, 0.4) is 0 Å². The van der Waals surface area contributed by atoms with E-state index in [-0.39, 0.29) is 23.3 Å². The Morgan fingerprint density at radius 3 is 2.28 bits per heavy atom. The smallest absolute Gasteiger partial charge is 0.248 e. The van der Waals surface area contributed by atoms with Crippen molar-refractivity contribution in [2.24, 2.45) is 0 Å². The molecule has 2 aliphatic heterocycles. The van der Waals surface area contributed by atoms with Gasteiger partial charge in [-0.15, -0.1) is 0 Å². The second kappa shape index (κ2) is 7.48. The highest BCUT2D eigenvalue weighted by molar-refractivity contribution is 7.80. The molecule has 0 saturated carbocycles. The van der Waals surface area contributed by atoms with Gasteiger partial charge in [-0.2, -0.15) is 5.01 Å². The fraction of sp³-hybridized carbons (Fsp3) is 0.444. The summed E-state index contributed by atoms with van der Waals surface area (Å²) in [5.41, 5.74) is -0.761. The van der Waals surface area contributed by atoms with Crippen molar-refractivity contribution >= 4 is 40.7 Å². The summed E-state index contributed by atoms with van der Waals surface area (Å²) in [6.45, 7) is 3.24. The standard InChI is InChI=1S/C18H22N4O6S/c1-18(2)16(25)20-17(29)21-13(23)8-10(22(18)21)15(24)19-9-6-11(26-3)14(28-5)12(7-9)27-4/h6-7,10H,8H2,1-5H3,(H,19,24)(H,20,25,29)/t10-/m1/s1. The van der Waals surface area contributed by atoms with Crippen molar-refractivity contribution in [3.8, 4) is 17.2 Å². The number of nitrogens with zero attached hydrogens (tertiary/aromatic N) is 2. The summed E-state index contributed by atoms with van der Waals surface area (Å²) in [4.78, 5) is 37.9. The van der Waals surface area contributed by atoms with Crippen molar-refractivity contribution in [2.75, 3.05) is 26.6 Å². The second-order valence-electron chi connectivity index (χ2n) is 6.99. The summed E-state index contributed by atoms with van der Waals surface area (Å²) in [5.74, 6) is -0.113. The lowest BCUT2D eigenvalue weighted by molar-refractivity contribution is -0.154. The molecule has 0 radical (unpaired) electrons. The third-order valence-electron chi connectivity index (χ3n) is 4.89. The first-order chi connectivity index (χ1) is 13.6. The molecule has 0 aliphatic carbocycles. The molecule has 2 heterocycles. The molecule has 0 bridgehead atoms. The van der Waals surface area contributed by atoms with E-state index in [0.717, 1.165) is 0 Å². The van der Waals surface area contributed by atoms with Crippen LogP contribution < -0.4 is 24.8 Å². The van der Waals surface area contributed by atoms with Crippen molar-refractivity contribution in [1.82, 2.24) is 15.3 Å². The van der Waals surface area contributed by atoms with Crippen LogP contribution in [0.1, 0.15) is 20.3 Å². The van der Waals surface area contributed by atoms with Crippen LogP contribution in [0.4, 0.5) is 5.69 Å². The summed E-state index contributed by atoms with van der Waals surface area (Å²) in [7, 11) is 4.40. The first-order valence-corrected chi connectivity index (χ1v) is 9.15. The fourth-order valence-corrected chi connectivity index (χ4v) is 3.72. The van der Waals surface area contributed by atoms with Gasteiger partial charge in [0.1, 0.15) is 11.6 Å². The minimum absolute atomic E-state index is 0.0394. The average Bonchev–Trinajstić information content (AvgIpc) is 3.04. The van der Waals surface area contributed by atoms with Gasteiger partial charge in [-0.3, -0.25) is 19.7 Å². The van der Waals surface area contributed by atoms with E-state index < -0.39 is 17.5 Å². The van der Waals surface area contributed by atoms with Gasteiger partial charge in [0, 0.05) is 17.8 Å². The van der Waals surface area contributed by atoms with Gasteiger partial charge >= 0.3 is 0 Å². The van der Waals surface area contributed by atoms with Crippen molar-refractivity contribution < 1.29 is 28.6 Å². The predicted molar refractivity (Wildman–Crippen MR) is 107 cm³/mol. The Bertz CT molecular complexity index is 877. The molecule has 3 amide bonds. The highest BCUT2D eigenvalue weighted by atomic mass is 32.1. The second-order valence-corrected chi connectivity index (χ2v) is 7.38. The molecule has 0 unspecified atom stereocenters. The number of ether oxygens (including phenoxy) is 3. The molecule has 2 fully saturated rings. The maximum absolute atomic E-state index is 13.1. The number of nitrogens with one attached hydrogen (secondary N) is 2. The normalized spacial score (nSPS) is 20.8. The van der Waals surface area contributed by atoms with Gasteiger partial charge in [-0.05, 0) is 26.1 Å². The minimum Gasteiger partial charge on any atom is -0.493 e. The topological polar surface area (TPSA) is 109 Å². The van der Waals surface area contributed by atoms with Gasteiger partial charge < -0.3 is 19.5 Å². The van der Waals surface area contributed by atoms with Gasteiger partial charge in [0.05, 0.1) is 27.8 Å². The van der Waals surface area contributed by atoms with E-state index in [2.05, 4.69) is 10.6 Å². The Balaban J connectivity index is 1.92. The molecule has 29 heavy (non-hydrogen) atoms. The Morgan fingerprint density at radius 2 is 1.76 bits per heavy atom. The number of fused-ring (bicyclic) bond motifs is 1. The number of hydrazine groups is 1. The third-order valence-corrected chi connectivity index (χ3v) is 5.17. The molecule has 0 spiro atoms. The summed E-state index contributed by atoms with van der Waals surface area (Å²) in [5, 5.41) is 7.81. The highest BCUT2D eigenvalue weighted by Crippen LogP contribution is 2.40. The SMILES string of the molecule is COc1cc(NC(=O)[C@H]2CC(=O)N3C(=S)NC(=O)C(C)(C)N23)cc(OC)c1OC. The number of hydrogen-bond donors (Lipinski definition) is 2. The Hall–Kier alpha value is -2.92. The highest BCUT2D eigenvalue weighted by Gasteiger charge is 2.56. The molecule has 2 aliphatic rings. The summed E-state index contributed by atoms with van der Waals surface area (Å²) >= 11 is 5.12.